The van der Waals surface area contributed by atoms with E-state index in [1.54, 1.807) is 6.07 Å². The maximum Gasteiger partial charge on any atom is 0.237 e. The SMILES string of the molecule is CCc1noc(CSc2cc(F)ccc2N)n1. The van der Waals surface area contributed by atoms with E-state index in [-0.39, 0.29) is 5.82 Å². The average Bonchev–Trinajstić information content (AvgIpc) is 2.78. The predicted octanol–water partition coefficient (Wildman–Crippen LogP) is 2.65. The number of hydrogen-bond donors (Lipinski definition) is 1. The van der Waals surface area contributed by atoms with E-state index in [1.807, 2.05) is 6.92 Å². The fourth-order valence-corrected chi connectivity index (χ4v) is 2.09. The van der Waals surface area contributed by atoms with Crippen molar-refractivity contribution in [1.82, 2.24) is 10.1 Å². The Hall–Kier alpha value is -1.56. The number of aryl methyl sites for hydroxylation is 1. The van der Waals surface area contributed by atoms with Crippen molar-refractivity contribution in [2.24, 2.45) is 0 Å². The van der Waals surface area contributed by atoms with Gasteiger partial charge in [-0.15, -0.1) is 11.8 Å². The molecule has 1 heterocycles. The Morgan fingerprint density at radius 3 is 3.00 bits per heavy atom. The quantitative estimate of drug-likeness (QED) is 0.670. The number of benzene rings is 1. The summed E-state index contributed by atoms with van der Waals surface area (Å²) in [5.41, 5.74) is 6.28. The second kappa shape index (κ2) is 5.18. The van der Waals surface area contributed by atoms with Crippen LogP contribution in [0.2, 0.25) is 0 Å². The van der Waals surface area contributed by atoms with Crippen molar-refractivity contribution >= 4 is 17.4 Å². The Bertz CT molecular complexity index is 515. The Morgan fingerprint density at radius 2 is 2.29 bits per heavy atom. The van der Waals surface area contributed by atoms with E-state index in [0.717, 1.165) is 6.42 Å². The number of nitrogens with zero attached hydrogens (tertiary/aromatic N) is 2. The molecule has 2 N–H and O–H groups in total. The molecule has 0 atom stereocenters. The maximum absolute atomic E-state index is 13.0. The smallest absolute Gasteiger partial charge is 0.237 e. The lowest BCUT2D eigenvalue weighted by atomic mass is 10.3. The Labute approximate surface area is 102 Å². The van der Waals surface area contributed by atoms with Gasteiger partial charge >= 0.3 is 0 Å². The first-order chi connectivity index (χ1) is 8.19. The predicted molar refractivity (Wildman–Crippen MR) is 64.0 cm³/mol. The summed E-state index contributed by atoms with van der Waals surface area (Å²) in [4.78, 5) is 4.84. The Kier molecular flexibility index (Phi) is 3.63. The molecule has 6 heteroatoms. The molecule has 1 aromatic heterocycles. The third-order valence-electron chi connectivity index (χ3n) is 2.15. The van der Waals surface area contributed by atoms with Gasteiger partial charge in [0.2, 0.25) is 5.89 Å². The van der Waals surface area contributed by atoms with Gasteiger partial charge < -0.3 is 10.3 Å². The number of halogens is 1. The van der Waals surface area contributed by atoms with E-state index in [4.69, 9.17) is 10.3 Å². The summed E-state index contributed by atoms with van der Waals surface area (Å²) in [5.74, 6) is 1.38. The van der Waals surface area contributed by atoms with Crippen molar-refractivity contribution in [1.29, 1.82) is 0 Å². The Balaban J connectivity index is 2.04. The molecule has 0 aliphatic carbocycles. The lowest BCUT2D eigenvalue weighted by Crippen LogP contribution is -1.90. The summed E-state index contributed by atoms with van der Waals surface area (Å²) in [6.07, 6.45) is 0.732. The summed E-state index contributed by atoms with van der Waals surface area (Å²) in [6.45, 7) is 1.95. The summed E-state index contributed by atoms with van der Waals surface area (Å²) >= 11 is 1.38. The molecule has 0 bridgehead atoms. The van der Waals surface area contributed by atoms with E-state index in [9.17, 15) is 4.39 Å². The lowest BCUT2D eigenvalue weighted by molar-refractivity contribution is 0.385. The van der Waals surface area contributed by atoms with Gasteiger partial charge in [0, 0.05) is 17.0 Å². The zero-order chi connectivity index (χ0) is 12.3. The summed E-state index contributed by atoms with van der Waals surface area (Å²) in [6, 6.07) is 4.28. The molecule has 2 rings (SSSR count). The van der Waals surface area contributed by atoms with E-state index in [1.165, 1.54) is 23.9 Å². The molecule has 90 valence electrons. The molecule has 2 aromatic rings. The average molecular weight is 253 g/mol. The highest BCUT2D eigenvalue weighted by molar-refractivity contribution is 7.98. The van der Waals surface area contributed by atoms with Gasteiger partial charge in [0.25, 0.3) is 0 Å². The van der Waals surface area contributed by atoms with Crippen LogP contribution in [0.5, 0.6) is 0 Å². The topological polar surface area (TPSA) is 64.9 Å². The lowest BCUT2D eigenvalue weighted by Gasteiger charge is -2.02. The molecule has 0 radical (unpaired) electrons. The number of rotatable bonds is 4. The normalized spacial score (nSPS) is 10.7. The van der Waals surface area contributed by atoms with Crippen LogP contribution in [0, 0.1) is 5.82 Å². The van der Waals surface area contributed by atoms with Gasteiger partial charge in [0.1, 0.15) is 5.82 Å². The van der Waals surface area contributed by atoms with Gasteiger partial charge in [0.05, 0.1) is 5.75 Å². The number of aromatic nitrogens is 2. The highest BCUT2D eigenvalue weighted by Crippen LogP contribution is 2.28. The van der Waals surface area contributed by atoms with E-state index >= 15 is 0 Å². The zero-order valence-electron chi connectivity index (χ0n) is 9.31. The monoisotopic (exact) mass is 253 g/mol. The van der Waals surface area contributed by atoms with E-state index in [2.05, 4.69) is 10.1 Å². The molecule has 4 nitrogen and oxygen atoms in total. The van der Waals surface area contributed by atoms with Crippen molar-refractivity contribution in [2.45, 2.75) is 24.0 Å². The maximum atomic E-state index is 13.0. The summed E-state index contributed by atoms with van der Waals surface area (Å²) in [5, 5.41) is 3.78. The van der Waals surface area contributed by atoms with Crippen LogP contribution >= 0.6 is 11.8 Å². The standard InChI is InChI=1S/C11H12FN3OS/c1-2-10-14-11(16-15-10)6-17-9-5-7(12)3-4-8(9)13/h3-5H,2,6,13H2,1H3. The van der Waals surface area contributed by atoms with E-state index < -0.39 is 0 Å². The molecular formula is C11H12FN3OS. The zero-order valence-corrected chi connectivity index (χ0v) is 10.1. The number of nitrogen functional groups attached to an aromatic ring is 1. The molecular weight excluding hydrogens is 241 g/mol. The first-order valence-electron chi connectivity index (χ1n) is 5.18. The molecule has 17 heavy (non-hydrogen) atoms. The largest absolute Gasteiger partial charge is 0.398 e. The number of thioether (sulfide) groups is 1. The van der Waals surface area contributed by atoms with Gasteiger partial charge in [0.15, 0.2) is 5.82 Å². The minimum atomic E-state index is -0.304. The highest BCUT2D eigenvalue weighted by Gasteiger charge is 2.07. The van der Waals surface area contributed by atoms with Gasteiger partial charge in [-0.05, 0) is 18.2 Å². The van der Waals surface area contributed by atoms with Crippen molar-refractivity contribution in [3.8, 4) is 0 Å². The number of hydrogen-bond acceptors (Lipinski definition) is 5. The first kappa shape index (κ1) is 11.9. The van der Waals surface area contributed by atoms with Crippen LogP contribution in [0.3, 0.4) is 0 Å². The third-order valence-corrected chi connectivity index (χ3v) is 3.21. The van der Waals surface area contributed by atoms with Crippen LogP contribution in [0.4, 0.5) is 10.1 Å². The molecule has 0 saturated carbocycles. The second-order valence-corrected chi connectivity index (χ2v) is 4.45. The fraction of sp³-hybridized carbons (Fsp3) is 0.273. The minimum Gasteiger partial charge on any atom is -0.398 e. The van der Waals surface area contributed by atoms with Crippen molar-refractivity contribution in [3.63, 3.8) is 0 Å². The van der Waals surface area contributed by atoms with Crippen LogP contribution in [0.15, 0.2) is 27.6 Å². The third kappa shape index (κ3) is 2.97. The summed E-state index contributed by atoms with van der Waals surface area (Å²) < 4.78 is 18.0. The van der Waals surface area contributed by atoms with Gasteiger partial charge in [-0.25, -0.2) is 4.39 Å². The van der Waals surface area contributed by atoms with Crippen molar-refractivity contribution in [3.05, 3.63) is 35.7 Å². The molecule has 0 aliphatic heterocycles. The van der Waals surface area contributed by atoms with Crippen LogP contribution in [0.1, 0.15) is 18.6 Å². The molecule has 0 unspecified atom stereocenters. The summed E-state index contributed by atoms with van der Waals surface area (Å²) in [7, 11) is 0. The molecule has 1 aromatic carbocycles. The van der Waals surface area contributed by atoms with Crippen LogP contribution in [0.25, 0.3) is 0 Å². The van der Waals surface area contributed by atoms with Gasteiger partial charge in [-0.2, -0.15) is 4.98 Å². The number of nitrogens with two attached hydrogens (primary N) is 1. The fourth-order valence-electron chi connectivity index (χ4n) is 1.27. The van der Waals surface area contributed by atoms with Crippen LogP contribution in [-0.2, 0) is 12.2 Å². The molecule has 0 amide bonds. The van der Waals surface area contributed by atoms with Crippen molar-refractivity contribution < 1.29 is 8.91 Å². The van der Waals surface area contributed by atoms with Gasteiger partial charge in [-0.1, -0.05) is 12.1 Å². The van der Waals surface area contributed by atoms with Gasteiger partial charge in [-0.3, -0.25) is 0 Å². The van der Waals surface area contributed by atoms with Crippen LogP contribution in [-0.4, -0.2) is 10.1 Å². The molecule has 0 aliphatic rings. The highest BCUT2D eigenvalue weighted by atomic mass is 32.2. The van der Waals surface area contributed by atoms with Crippen LogP contribution < -0.4 is 5.73 Å². The molecule has 0 saturated heterocycles. The minimum absolute atomic E-state index is 0.304. The Morgan fingerprint density at radius 1 is 1.47 bits per heavy atom. The number of anilines is 1. The molecule has 0 spiro atoms. The first-order valence-corrected chi connectivity index (χ1v) is 6.17. The second-order valence-electron chi connectivity index (χ2n) is 3.43. The van der Waals surface area contributed by atoms with E-state index in [0.29, 0.717) is 28.1 Å². The van der Waals surface area contributed by atoms with Crippen molar-refractivity contribution in [2.75, 3.05) is 5.73 Å². The molecule has 0 fully saturated rings.